The van der Waals surface area contributed by atoms with E-state index in [1.54, 1.807) is 0 Å². The van der Waals surface area contributed by atoms with Gasteiger partial charge in [0.15, 0.2) is 0 Å². The Balaban J connectivity index is 2.14. The third-order valence-corrected chi connectivity index (χ3v) is 6.50. The number of carbonyl (C=O) groups is 1. The van der Waals surface area contributed by atoms with Crippen LogP contribution in [-0.4, -0.2) is 23.4 Å². The van der Waals surface area contributed by atoms with Crippen molar-refractivity contribution in [1.82, 2.24) is 4.90 Å². The lowest BCUT2D eigenvalue weighted by atomic mass is 9.93. The average Bonchev–Trinajstić information content (AvgIpc) is 2.58. The van der Waals surface area contributed by atoms with Gasteiger partial charge < -0.3 is 4.90 Å². The van der Waals surface area contributed by atoms with Gasteiger partial charge >= 0.3 is 0 Å². The second-order valence-corrected chi connectivity index (χ2v) is 7.93. The summed E-state index contributed by atoms with van der Waals surface area (Å²) in [4.78, 5) is 15.2. The Bertz CT molecular complexity index is 413. The van der Waals surface area contributed by atoms with Crippen LogP contribution in [0.1, 0.15) is 36.4 Å². The maximum absolute atomic E-state index is 12.4. The van der Waals surface area contributed by atoms with Gasteiger partial charge in [0.2, 0.25) is 0 Å². The first-order valence-electron chi connectivity index (χ1n) is 5.75. The number of carbonyl (C=O) groups excluding carboxylic acids is 1. The molecule has 1 fully saturated rings. The van der Waals surface area contributed by atoms with Gasteiger partial charge in [0, 0.05) is 17.1 Å². The smallest absolute Gasteiger partial charge is 0.264 e. The minimum absolute atomic E-state index is 0.167. The van der Waals surface area contributed by atoms with E-state index in [0.717, 1.165) is 38.4 Å². The van der Waals surface area contributed by atoms with E-state index in [-0.39, 0.29) is 5.91 Å². The molecule has 0 aromatic carbocycles. The van der Waals surface area contributed by atoms with Gasteiger partial charge in [0.1, 0.15) is 0 Å². The molecule has 2 nitrogen and oxygen atoms in total. The first-order valence-corrected chi connectivity index (χ1v) is 8.15. The molecule has 17 heavy (non-hydrogen) atoms. The van der Waals surface area contributed by atoms with Gasteiger partial charge in [-0.1, -0.05) is 6.92 Å². The molecule has 2 unspecified atom stereocenters. The number of hydrogen-bond donors (Lipinski definition) is 0. The molecule has 0 bridgehead atoms. The molecule has 2 atom stereocenters. The fraction of sp³-hybridized carbons (Fsp3) is 0.583. The summed E-state index contributed by atoms with van der Waals surface area (Å²) < 4.78 is 1.95. The molecule has 0 aliphatic carbocycles. The van der Waals surface area contributed by atoms with Crippen LogP contribution in [0, 0.1) is 5.92 Å². The Hall–Kier alpha value is 0.130. The van der Waals surface area contributed by atoms with Crippen LogP contribution in [0.25, 0.3) is 0 Å². The van der Waals surface area contributed by atoms with Crippen LogP contribution in [0.2, 0.25) is 0 Å². The Morgan fingerprint density at radius 3 is 2.71 bits per heavy atom. The summed E-state index contributed by atoms with van der Waals surface area (Å²) in [7, 11) is 0. The van der Waals surface area contributed by atoms with Crippen molar-refractivity contribution in [3.8, 4) is 0 Å². The highest BCUT2D eigenvalue weighted by Gasteiger charge is 2.28. The van der Waals surface area contributed by atoms with Crippen LogP contribution >= 0.6 is 43.2 Å². The zero-order valence-corrected chi connectivity index (χ0v) is 13.9. The van der Waals surface area contributed by atoms with Crippen molar-refractivity contribution < 1.29 is 4.79 Å². The highest BCUT2D eigenvalue weighted by Crippen LogP contribution is 2.34. The van der Waals surface area contributed by atoms with Crippen molar-refractivity contribution >= 4 is 49.1 Å². The van der Waals surface area contributed by atoms with Gasteiger partial charge in [-0.15, -0.1) is 11.3 Å². The SMILES string of the molecule is CC1CCN(C(=O)c2cc(Br)c(Br)s2)C(C)C1. The molecule has 1 aliphatic rings. The second-order valence-electron chi connectivity index (χ2n) is 4.71. The summed E-state index contributed by atoms with van der Waals surface area (Å²) in [6, 6.07) is 2.26. The van der Waals surface area contributed by atoms with Crippen LogP contribution in [0.5, 0.6) is 0 Å². The Morgan fingerprint density at radius 1 is 1.47 bits per heavy atom. The first-order chi connectivity index (χ1) is 7.99. The zero-order valence-electron chi connectivity index (χ0n) is 9.87. The fourth-order valence-corrected chi connectivity index (χ4v) is 4.29. The van der Waals surface area contributed by atoms with Crippen LogP contribution < -0.4 is 0 Å². The largest absolute Gasteiger partial charge is 0.335 e. The summed E-state index contributed by atoms with van der Waals surface area (Å²) in [5.41, 5.74) is 0. The number of amides is 1. The van der Waals surface area contributed by atoms with E-state index < -0.39 is 0 Å². The molecule has 0 radical (unpaired) electrons. The second kappa shape index (κ2) is 5.41. The van der Waals surface area contributed by atoms with E-state index in [1.165, 1.54) is 11.3 Å². The normalized spacial score (nSPS) is 25.1. The van der Waals surface area contributed by atoms with Crippen LogP contribution in [0.15, 0.2) is 14.3 Å². The molecule has 1 amide bonds. The zero-order chi connectivity index (χ0) is 12.6. The molecule has 2 heterocycles. The predicted octanol–water partition coefficient (Wildman–Crippen LogP) is 4.53. The first kappa shape index (κ1) is 13.6. The highest BCUT2D eigenvalue weighted by atomic mass is 79.9. The van der Waals surface area contributed by atoms with E-state index >= 15 is 0 Å². The lowest BCUT2D eigenvalue weighted by Crippen LogP contribution is -2.43. The summed E-state index contributed by atoms with van der Waals surface area (Å²) >= 11 is 8.36. The number of rotatable bonds is 1. The Kier molecular flexibility index (Phi) is 4.31. The van der Waals surface area contributed by atoms with Crippen LogP contribution in [-0.2, 0) is 0 Å². The topological polar surface area (TPSA) is 20.3 Å². The average molecular weight is 381 g/mol. The minimum atomic E-state index is 0.167. The number of hydrogen-bond acceptors (Lipinski definition) is 2. The molecule has 1 aliphatic heterocycles. The third-order valence-electron chi connectivity index (χ3n) is 3.26. The number of halogens is 2. The van der Waals surface area contributed by atoms with Crippen molar-refractivity contribution in [2.24, 2.45) is 5.92 Å². The molecular weight excluding hydrogens is 366 g/mol. The molecule has 0 N–H and O–H groups in total. The minimum Gasteiger partial charge on any atom is -0.335 e. The van der Waals surface area contributed by atoms with Crippen molar-refractivity contribution in [1.29, 1.82) is 0 Å². The standard InChI is InChI=1S/C12H15Br2NOS/c1-7-3-4-15(8(2)5-7)12(16)10-6-9(13)11(14)17-10/h6-8H,3-5H2,1-2H3. The quantitative estimate of drug-likeness (QED) is 0.700. The highest BCUT2D eigenvalue weighted by molar-refractivity contribution is 9.13. The number of nitrogens with zero attached hydrogens (tertiary/aromatic N) is 1. The van der Waals surface area contributed by atoms with E-state index in [1.807, 2.05) is 11.0 Å². The lowest BCUT2D eigenvalue weighted by Gasteiger charge is -2.36. The molecule has 5 heteroatoms. The molecule has 0 spiro atoms. The van der Waals surface area contributed by atoms with Gasteiger partial charge in [-0.2, -0.15) is 0 Å². The third kappa shape index (κ3) is 2.93. The maximum Gasteiger partial charge on any atom is 0.264 e. The van der Waals surface area contributed by atoms with Crippen molar-refractivity contribution in [3.63, 3.8) is 0 Å². The van der Waals surface area contributed by atoms with Crippen molar-refractivity contribution in [3.05, 3.63) is 19.2 Å². The molecule has 94 valence electrons. The van der Waals surface area contributed by atoms with Crippen molar-refractivity contribution in [2.45, 2.75) is 32.7 Å². The Labute approximate surface area is 123 Å². The monoisotopic (exact) mass is 379 g/mol. The number of thiophene rings is 1. The van der Waals surface area contributed by atoms with Gasteiger partial charge in [-0.3, -0.25) is 4.79 Å². The van der Waals surface area contributed by atoms with Gasteiger partial charge in [0.05, 0.1) is 8.66 Å². The van der Waals surface area contributed by atoms with Crippen molar-refractivity contribution in [2.75, 3.05) is 6.54 Å². The van der Waals surface area contributed by atoms with E-state index in [9.17, 15) is 4.79 Å². The molecule has 0 saturated carbocycles. The van der Waals surface area contributed by atoms with Gasteiger partial charge in [-0.25, -0.2) is 0 Å². The summed E-state index contributed by atoms with van der Waals surface area (Å²) in [6.07, 6.45) is 2.23. The Morgan fingerprint density at radius 2 is 2.18 bits per heavy atom. The van der Waals surface area contributed by atoms with Crippen LogP contribution in [0.3, 0.4) is 0 Å². The van der Waals surface area contributed by atoms with E-state index in [0.29, 0.717) is 6.04 Å². The molecule has 1 aromatic heterocycles. The molecule has 1 aromatic rings. The van der Waals surface area contributed by atoms with Crippen LogP contribution in [0.4, 0.5) is 0 Å². The summed E-state index contributed by atoms with van der Waals surface area (Å²) in [5.74, 6) is 0.900. The molecule has 2 rings (SSSR count). The number of likely N-dealkylation sites (tertiary alicyclic amines) is 1. The predicted molar refractivity (Wildman–Crippen MR) is 78.6 cm³/mol. The van der Waals surface area contributed by atoms with Gasteiger partial charge in [0.25, 0.3) is 5.91 Å². The lowest BCUT2D eigenvalue weighted by molar-refractivity contribution is 0.0593. The number of piperidine rings is 1. The van der Waals surface area contributed by atoms with E-state index in [2.05, 4.69) is 45.7 Å². The molecule has 1 saturated heterocycles. The van der Waals surface area contributed by atoms with E-state index in [4.69, 9.17) is 0 Å². The molecular formula is C12H15Br2NOS. The summed E-state index contributed by atoms with van der Waals surface area (Å²) in [6.45, 7) is 5.29. The maximum atomic E-state index is 12.4. The fourth-order valence-electron chi connectivity index (χ4n) is 2.30. The van der Waals surface area contributed by atoms with Gasteiger partial charge in [-0.05, 0) is 63.6 Å². The summed E-state index contributed by atoms with van der Waals surface area (Å²) in [5, 5.41) is 0.